The van der Waals surface area contributed by atoms with Crippen molar-refractivity contribution in [2.45, 2.75) is 18.9 Å². The number of aliphatic carboxylic acids is 1. The Morgan fingerprint density at radius 2 is 2.05 bits per heavy atom. The highest BCUT2D eigenvalue weighted by atomic mass is 16.5. The summed E-state index contributed by atoms with van der Waals surface area (Å²) in [6.45, 7) is 1.84. The van der Waals surface area contributed by atoms with E-state index in [0.717, 1.165) is 6.07 Å². The molecule has 0 aliphatic carbocycles. The van der Waals surface area contributed by atoms with E-state index in [1.54, 1.807) is 6.92 Å². The average Bonchev–Trinajstić information content (AvgIpc) is 2.31. The summed E-state index contributed by atoms with van der Waals surface area (Å²) in [4.78, 5) is 50.5. The van der Waals surface area contributed by atoms with Crippen LogP contribution in [0.2, 0.25) is 0 Å². The lowest BCUT2D eigenvalue weighted by molar-refractivity contribution is -0.172. The van der Waals surface area contributed by atoms with Gasteiger partial charge in [-0.05, 0) is 6.92 Å². The quantitative estimate of drug-likeness (QED) is 0.594. The maximum Gasteiger partial charge on any atom is 0.329 e. The molecule has 0 saturated carbocycles. The van der Waals surface area contributed by atoms with Gasteiger partial charge in [0.2, 0.25) is 5.91 Å². The Kier molecular flexibility index (Phi) is 3.94. The number of hydrogen-bond acceptors (Lipinski definition) is 5. The van der Waals surface area contributed by atoms with Gasteiger partial charge in [0, 0.05) is 11.8 Å². The SMILES string of the molecule is CC1(OCC(=O)O)CN(C(=O)Cc2cc(=O)[nH]c(=O)[nH]2)C1. The van der Waals surface area contributed by atoms with Crippen molar-refractivity contribution >= 4 is 11.9 Å². The predicted molar refractivity (Wildman–Crippen MR) is 70.0 cm³/mol. The molecule has 0 spiro atoms. The maximum atomic E-state index is 12.0. The molecule has 0 bridgehead atoms. The Hall–Kier alpha value is -2.42. The number of amides is 1. The molecule has 1 amide bonds. The molecule has 0 radical (unpaired) electrons. The van der Waals surface area contributed by atoms with Crippen LogP contribution in [0.5, 0.6) is 0 Å². The van der Waals surface area contributed by atoms with Crippen molar-refractivity contribution in [3.8, 4) is 0 Å². The number of ether oxygens (including phenoxy) is 1. The second-order valence-corrected chi connectivity index (χ2v) is 5.17. The molecule has 21 heavy (non-hydrogen) atoms. The van der Waals surface area contributed by atoms with Gasteiger partial charge in [-0.3, -0.25) is 14.6 Å². The summed E-state index contributed by atoms with van der Waals surface area (Å²) in [5, 5.41) is 8.55. The summed E-state index contributed by atoms with van der Waals surface area (Å²) in [7, 11) is 0. The van der Waals surface area contributed by atoms with Crippen molar-refractivity contribution < 1.29 is 19.4 Å². The number of aromatic amines is 2. The summed E-state index contributed by atoms with van der Waals surface area (Å²) in [5.74, 6) is -1.34. The summed E-state index contributed by atoms with van der Waals surface area (Å²) < 4.78 is 5.19. The maximum absolute atomic E-state index is 12.0. The number of likely N-dealkylation sites (tertiary alicyclic amines) is 1. The Labute approximate surface area is 118 Å². The first-order valence-corrected chi connectivity index (χ1v) is 6.23. The van der Waals surface area contributed by atoms with E-state index in [1.165, 1.54) is 4.90 Å². The Morgan fingerprint density at radius 1 is 1.38 bits per heavy atom. The number of carboxylic acids is 1. The molecule has 0 unspecified atom stereocenters. The molecular formula is C12H15N3O6. The van der Waals surface area contributed by atoms with Crippen LogP contribution in [0.25, 0.3) is 0 Å². The van der Waals surface area contributed by atoms with E-state index < -0.39 is 29.4 Å². The first-order valence-electron chi connectivity index (χ1n) is 6.23. The topological polar surface area (TPSA) is 133 Å². The van der Waals surface area contributed by atoms with Crippen LogP contribution in [0.15, 0.2) is 15.7 Å². The summed E-state index contributed by atoms with van der Waals surface area (Å²) in [5.41, 5.74) is -1.67. The van der Waals surface area contributed by atoms with Crippen LogP contribution >= 0.6 is 0 Å². The highest BCUT2D eigenvalue weighted by Gasteiger charge is 2.42. The fourth-order valence-electron chi connectivity index (χ4n) is 2.15. The van der Waals surface area contributed by atoms with Gasteiger partial charge in [-0.25, -0.2) is 9.59 Å². The van der Waals surface area contributed by atoms with Crippen molar-refractivity contribution in [1.82, 2.24) is 14.9 Å². The highest BCUT2D eigenvalue weighted by molar-refractivity contribution is 5.79. The lowest BCUT2D eigenvalue weighted by atomic mass is 9.95. The predicted octanol–water partition coefficient (Wildman–Crippen LogP) is -1.69. The Balaban J connectivity index is 1.90. The highest BCUT2D eigenvalue weighted by Crippen LogP contribution is 2.25. The molecule has 1 aliphatic heterocycles. The van der Waals surface area contributed by atoms with Gasteiger partial charge in [0.25, 0.3) is 5.56 Å². The van der Waals surface area contributed by atoms with Crippen LogP contribution in [0.4, 0.5) is 0 Å². The molecule has 0 aromatic carbocycles. The van der Waals surface area contributed by atoms with E-state index in [1.807, 2.05) is 4.98 Å². The minimum atomic E-state index is -1.07. The molecule has 0 atom stereocenters. The molecule has 1 aliphatic rings. The molecule has 114 valence electrons. The van der Waals surface area contributed by atoms with E-state index in [-0.39, 0.29) is 31.1 Å². The third kappa shape index (κ3) is 3.78. The zero-order valence-corrected chi connectivity index (χ0v) is 11.3. The Bertz CT molecular complexity index is 642. The normalized spacial score (nSPS) is 16.3. The zero-order valence-electron chi connectivity index (χ0n) is 11.3. The third-order valence-corrected chi connectivity index (χ3v) is 3.11. The molecule has 1 aromatic rings. The molecule has 3 N–H and O–H groups in total. The van der Waals surface area contributed by atoms with Gasteiger partial charge in [0.15, 0.2) is 0 Å². The molecule has 1 fully saturated rings. The molecule has 2 heterocycles. The van der Waals surface area contributed by atoms with Crippen LogP contribution in [-0.4, -0.2) is 57.1 Å². The van der Waals surface area contributed by atoms with E-state index in [4.69, 9.17) is 9.84 Å². The van der Waals surface area contributed by atoms with Gasteiger partial charge in [-0.1, -0.05) is 0 Å². The third-order valence-electron chi connectivity index (χ3n) is 3.11. The largest absolute Gasteiger partial charge is 0.480 e. The van der Waals surface area contributed by atoms with E-state index in [9.17, 15) is 19.2 Å². The van der Waals surface area contributed by atoms with Crippen molar-refractivity contribution in [3.05, 3.63) is 32.6 Å². The zero-order chi connectivity index (χ0) is 15.6. The fraction of sp³-hybridized carbons (Fsp3) is 0.500. The standard InChI is InChI=1S/C12H15N3O6/c1-12(21-4-10(18)19)5-15(6-12)9(17)3-7-2-8(16)14-11(20)13-7/h2H,3-6H2,1H3,(H,18,19)(H2,13,14,16,20). The van der Waals surface area contributed by atoms with Gasteiger partial charge in [0.1, 0.15) is 12.2 Å². The number of rotatable bonds is 5. The first-order chi connectivity index (χ1) is 9.77. The van der Waals surface area contributed by atoms with E-state index in [2.05, 4.69) is 4.98 Å². The molecule has 9 heteroatoms. The van der Waals surface area contributed by atoms with Crippen molar-refractivity contribution in [3.63, 3.8) is 0 Å². The van der Waals surface area contributed by atoms with E-state index in [0.29, 0.717) is 0 Å². The monoisotopic (exact) mass is 297 g/mol. The molecule has 2 rings (SSSR count). The van der Waals surface area contributed by atoms with Crippen molar-refractivity contribution in [2.75, 3.05) is 19.7 Å². The number of hydrogen-bond donors (Lipinski definition) is 3. The number of aromatic nitrogens is 2. The average molecular weight is 297 g/mol. The van der Waals surface area contributed by atoms with Crippen LogP contribution in [0.1, 0.15) is 12.6 Å². The molecule has 1 saturated heterocycles. The van der Waals surface area contributed by atoms with Crippen LogP contribution in [-0.2, 0) is 20.7 Å². The van der Waals surface area contributed by atoms with Gasteiger partial charge < -0.3 is 19.7 Å². The smallest absolute Gasteiger partial charge is 0.329 e. The summed E-state index contributed by atoms with van der Waals surface area (Å²) >= 11 is 0. The number of carbonyl (C=O) groups is 2. The lowest BCUT2D eigenvalue weighted by Gasteiger charge is -2.47. The van der Waals surface area contributed by atoms with Gasteiger partial charge >= 0.3 is 11.7 Å². The van der Waals surface area contributed by atoms with Crippen LogP contribution in [0, 0.1) is 0 Å². The number of nitrogens with one attached hydrogen (secondary N) is 2. The van der Waals surface area contributed by atoms with Crippen molar-refractivity contribution in [1.29, 1.82) is 0 Å². The van der Waals surface area contributed by atoms with Crippen molar-refractivity contribution in [2.24, 2.45) is 0 Å². The minimum absolute atomic E-state index is 0.103. The van der Waals surface area contributed by atoms with E-state index >= 15 is 0 Å². The van der Waals surface area contributed by atoms with Crippen LogP contribution in [0.3, 0.4) is 0 Å². The second kappa shape index (κ2) is 5.52. The second-order valence-electron chi connectivity index (χ2n) is 5.17. The summed E-state index contributed by atoms with van der Waals surface area (Å²) in [6, 6.07) is 1.15. The molecule has 9 nitrogen and oxygen atoms in total. The fourth-order valence-corrected chi connectivity index (χ4v) is 2.15. The number of nitrogens with zero attached hydrogens (tertiary/aromatic N) is 1. The Morgan fingerprint density at radius 3 is 2.62 bits per heavy atom. The molecular weight excluding hydrogens is 282 g/mol. The van der Waals surface area contributed by atoms with Gasteiger partial charge in [0.05, 0.1) is 19.5 Å². The number of carboxylic acid groups (broad SMARTS) is 1. The van der Waals surface area contributed by atoms with Gasteiger partial charge in [-0.15, -0.1) is 0 Å². The van der Waals surface area contributed by atoms with Crippen LogP contribution < -0.4 is 11.2 Å². The first kappa shape index (κ1) is 15.0. The lowest BCUT2D eigenvalue weighted by Crippen LogP contribution is -2.63. The minimum Gasteiger partial charge on any atom is -0.480 e. The molecule has 1 aromatic heterocycles. The number of carbonyl (C=O) groups excluding carboxylic acids is 1. The van der Waals surface area contributed by atoms with Gasteiger partial charge in [-0.2, -0.15) is 0 Å². The number of H-pyrrole nitrogens is 2. The summed E-state index contributed by atoms with van der Waals surface area (Å²) in [6.07, 6.45) is -0.103.